The molecule has 0 amide bonds. The number of hydrogen-bond donors (Lipinski definition) is 1. The Hall–Kier alpha value is -1.35. The summed E-state index contributed by atoms with van der Waals surface area (Å²) in [6.07, 6.45) is 2.49. The van der Waals surface area contributed by atoms with Crippen molar-refractivity contribution >= 4 is 10.9 Å². The Morgan fingerprint density at radius 2 is 1.94 bits per heavy atom. The average molecular weight is 245 g/mol. The second-order valence-corrected chi connectivity index (χ2v) is 4.90. The van der Waals surface area contributed by atoms with Crippen molar-refractivity contribution < 1.29 is 0 Å². The molecule has 2 aromatic rings. The topological polar surface area (TPSA) is 29.9 Å². The van der Waals surface area contributed by atoms with Crippen molar-refractivity contribution in [3.05, 3.63) is 30.0 Å². The largest absolute Gasteiger partial charge is 0.311 e. The maximum absolute atomic E-state index is 4.59. The molecule has 0 spiro atoms. The Morgan fingerprint density at radius 3 is 2.67 bits per heavy atom. The van der Waals surface area contributed by atoms with Gasteiger partial charge < -0.3 is 5.32 Å². The first-order chi connectivity index (χ1) is 8.76. The first-order valence-corrected chi connectivity index (χ1v) is 6.87. The minimum atomic E-state index is 0.778. The number of rotatable bonds is 6. The number of nitrogens with one attached hydrogen (secondary N) is 1. The highest BCUT2D eigenvalue weighted by atomic mass is 15.3. The summed E-state index contributed by atoms with van der Waals surface area (Å²) in [5.74, 6) is 0.778. The van der Waals surface area contributed by atoms with Gasteiger partial charge in [-0.05, 0) is 18.5 Å². The molecule has 0 aliphatic heterocycles. The van der Waals surface area contributed by atoms with E-state index < -0.39 is 0 Å². The summed E-state index contributed by atoms with van der Waals surface area (Å²) in [5, 5.41) is 9.39. The van der Waals surface area contributed by atoms with Crippen LogP contribution in [0.25, 0.3) is 10.9 Å². The van der Waals surface area contributed by atoms with Crippen molar-refractivity contribution in [2.24, 2.45) is 13.0 Å². The zero-order valence-corrected chi connectivity index (χ0v) is 11.6. The molecular weight excluding hydrogens is 222 g/mol. The van der Waals surface area contributed by atoms with Crippen LogP contribution < -0.4 is 5.32 Å². The quantitative estimate of drug-likeness (QED) is 0.847. The molecule has 1 aromatic heterocycles. The van der Waals surface area contributed by atoms with E-state index in [2.05, 4.69) is 48.5 Å². The van der Waals surface area contributed by atoms with Crippen LogP contribution in [-0.4, -0.2) is 16.3 Å². The minimum Gasteiger partial charge on any atom is -0.311 e. The summed E-state index contributed by atoms with van der Waals surface area (Å²) in [4.78, 5) is 0. The molecule has 0 aliphatic carbocycles. The first-order valence-electron chi connectivity index (χ1n) is 6.87. The lowest BCUT2D eigenvalue weighted by Crippen LogP contribution is -2.22. The van der Waals surface area contributed by atoms with Crippen LogP contribution in [0, 0.1) is 5.92 Å². The Bertz CT molecular complexity index is 497. The molecule has 0 saturated heterocycles. The second-order valence-electron chi connectivity index (χ2n) is 4.90. The number of benzene rings is 1. The van der Waals surface area contributed by atoms with Gasteiger partial charge in [-0.2, -0.15) is 5.10 Å². The highest BCUT2D eigenvalue weighted by Crippen LogP contribution is 2.17. The molecule has 0 saturated carbocycles. The molecule has 0 fully saturated rings. The Kier molecular flexibility index (Phi) is 4.37. The highest BCUT2D eigenvalue weighted by molar-refractivity contribution is 5.81. The fourth-order valence-corrected chi connectivity index (χ4v) is 2.39. The standard InChI is InChI=1S/C15H23N3/c1-4-12(5-2)10-16-11-14-13-8-6-7-9-15(13)18(3)17-14/h6-9,12,16H,4-5,10-11H2,1-3H3. The summed E-state index contributed by atoms with van der Waals surface area (Å²) in [7, 11) is 2.01. The maximum Gasteiger partial charge on any atom is 0.0841 e. The number of nitrogens with zero attached hydrogens (tertiary/aromatic N) is 2. The van der Waals surface area contributed by atoms with Crippen LogP contribution in [0.2, 0.25) is 0 Å². The Morgan fingerprint density at radius 1 is 1.22 bits per heavy atom. The van der Waals surface area contributed by atoms with Crippen molar-refractivity contribution in [2.45, 2.75) is 33.2 Å². The lowest BCUT2D eigenvalue weighted by Gasteiger charge is -2.12. The SMILES string of the molecule is CCC(CC)CNCc1nn(C)c2ccccc12. The average Bonchev–Trinajstić information content (AvgIpc) is 2.72. The third-order valence-electron chi connectivity index (χ3n) is 3.71. The van der Waals surface area contributed by atoms with E-state index in [1.807, 2.05) is 11.7 Å². The Balaban J connectivity index is 2.04. The molecule has 1 heterocycles. The van der Waals surface area contributed by atoms with E-state index in [0.717, 1.165) is 24.7 Å². The monoisotopic (exact) mass is 245 g/mol. The number of para-hydroxylation sites is 1. The first kappa shape index (κ1) is 13.1. The van der Waals surface area contributed by atoms with Gasteiger partial charge in [0.25, 0.3) is 0 Å². The lowest BCUT2D eigenvalue weighted by molar-refractivity contribution is 0.447. The molecule has 1 aromatic carbocycles. The molecule has 98 valence electrons. The number of aryl methyl sites for hydroxylation is 1. The predicted octanol–water partition coefficient (Wildman–Crippen LogP) is 3.10. The second kappa shape index (κ2) is 6.01. The highest BCUT2D eigenvalue weighted by Gasteiger charge is 2.08. The summed E-state index contributed by atoms with van der Waals surface area (Å²) in [6, 6.07) is 8.41. The molecule has 3 heteroatoms. The molecule has 0 bridgehead atoms. The molecule has 0 radical (unpaired) electrons. The summed E-state index contributed by atoms with van der Waals surface area (Å²) in [5.41, 5.74) is 2.36. The normalized spacial score (nSPS) is 11.6. The lowest BCUT2D eigenvalue weighted by atomic mass is 10.0. The van der Waals surface area contributed by atoms with E-state index in [-0.39, 0.29) is 0 Å². The fourth-order valence-electron chi connectivity index (χ4n) is 2.39. The van der Waals surface area contributed by atoms with Gasteiger partial charge in [0.1, 0.15) is 0 Å². The van der Waals surface area contributed by atoms with E-state index in [9.17, 15) is 0 Å². The molecule has 1 N–H and O–H groups in total. The van der Waals surface area contributed by atoms with Crippen LogP contribution in [0.5, 0.6) is 0 Å². The van der Waals surface area contributed by atoms with E-state index in [1.165, 1.54) is 23.7 Å². The molecule has 18 heavy (non-hydrogen) atoms. The van der Waals surface area contributed by atoms with Gasteiger partial charge in [0, 0.05) is 19.0 Å². The molecular formula is C15H23N3. The minimum absolute atomic E-state index is 0.778. The smallest absolute Gasteiger partial charge is 0.0841 e. The van der Waals surface area contributed by atoms with E-state index in [1.54, 1.807) is 0 Å². The molecule has 0 atom stereocenters. The third kappa shape index (κ3) is 2.72. The van der Waals surface area contributed by atoms with Gasteiger partial charge in [0.15, 0.2) is 0 Å². The van der Waals surface area contributed by atoms with E-state index in [4.69, 9.17) is 0 Å². The van der Waals surface area contributed by atoms with Crippen LogP contribution in [0.3, 0.4) is 0 Å². The van der Waals surface area contributed by atoms with Gasteiger partial charge in [-0.3, -0.25) is 4.68 Å². The number of aromatic nitrogens is 2. The zero-order chi connectivity index (χ0) is 13.0. The van der Waals surface area contributed by atoms with Crippen molar-refractivity contribution in [1.29, 1.82) is 0 Å². The van der Waals surface area contributed by atoms with Crippen LogP contribution in [0.4, 0.5) is 0 Å². The van der Waals surface area contributed by atoms with Crippen LogP contribution in [0.15, 0.2) is 24.3 Å². The van der Waals surface area contributed by atoms with Crippen LogP contribution >= 0.6 is 0 Å². The predicted molar refractivity (Wildman–Crippen MR) is 76.5 cm³/mol. The van der Waals surface area contributed by atoms with Gasteiger partial charge in [-0.15, -0.1) is 0 Å². The molecule has 3 nitrogen and oxygen atoms in total. The van der Waals surface area contributed by atoms with Gasteiger partial charge in [0.2, 0.25) is 0 Å². The van der Waals surface area contributed by atoms with Crippen molar-refractivity contribution in [2.75, 3.05) is 6.54 Å². The van der Waals surface area contributed by atoms with Crippen molar-refractivity contribution in [3.8, 4) is 0 Å². The van der Waals surface area contributed by atoms with Gasteiger partial charge in [-0.1, -0.05) is 44.9 Å². The maximum atomic E-state index is 4.59. The number of hydrogen-bond acceptors (Lipinski definition) is 2. The van der Waals surface area contributed by atoms with Crippen molar-refractivity contribution in [1.82, 2.24) is 15.1 Å². The molecule has 0 aliphatic rings. The zero-order valence-electron chi connectivity index (χ0n) is 11.6. The van der Waals surface area contributed by atoms with Crippen LogP contribution in [-0.2, 0) is 13.6 Å². The molecule has 2 rings (SSSR count). The number of fused-ring (bicyclic) bond motifs is 1. The fraction of sp³-hybridized carbons (Fsp3) is 0.533. The Labute approximate surface area is 109 Å². The summed E-state index contributed by atoms with van der Waals surface area (Å²) in [6.45, 7) is 6.45. The van der Waals surface area contributed by atoms with Gasteiger partial charge >= 0.3 is 0 Å². The van der Waals surface area contributed by atoms with Gasteiger partial charge in [-0.25, -0.2) is 0 Å². The summed E-state index contributed by atoms with van der Waals surface area (Å²) >= 11 is 0. The van der Waals surface area contributed by atoms with Gasteiger partial charge in [0.05, 0.1) is 11.2 Å². The van der Waals surface area contributed by atoms with E-state index >= 15 is 0 Å². The van der Waals surface area contributed by atoms with Crippen molar-refractivity contribution in [3.63, 3.8) is 0 Å². The summed E-state index contributed by atoms with van der Waals surface area (Å²) < 4.78 is 1.96. The van der Waals surface area contributed by atoms with Crippen LogP contribution in [0.1, 0.15) is 32.4 Å². The van der Waals surface area contributed by atoms with E-state index in [0.29, 0.717) is 0 Å². The molecule has 0 unspecified atom stereocenters. The third-order valence-corrected chi connectivity index (χ3v) is 3.71.